The first-order chi connectivity index (χ1) is 7.91. The van der Waals surface area contributed by atoms with Gasteiger partial charge in [0.15, 0.2) is 5.79 Å². The van der Waals surface area contributed by atoms with E-state index in [1.807, 2.05) is 41.5 Å². The standard InChI is InChI=1S/C15H26O3/c1-13(2,3)10-8-15(17,18-7)9-11(12(10)16)14(4,5)6/h8,16-17H,9H2,1-7H3. The number of allylic oxidation sites excluding steroid dienone is 1. The average molecular weight is 254 g/mol. The smallest absolute Gasteiger partial charge is 0.189 e. The zero-order valence-corrected chi connectivity index (χ0v) is 12.6. The Morgan fingerprint density at radius 1 is 1.11 bits per heavy atom. The highest BCUT2D eigenvalue weighted by atomic mass is 16.6. The first-order valence-electron chi connectivity index (χ1n) is 6.34. The van der Waals surface area contributed by atoms with Crippen LogP contribution in [0, 0.1) is 10.8 Å². The van der Waals surface area contributed by atoms with Crippen LogP contribution in [0.2, 0.25) is 0 Å². The van der Waals surface area contributed by atoms with E-state index in [2.05, 4.69) is 0 Å². The number of methoxy groups -OCH3 is 1. The number of hydrogen-bond donors (Lipinski definition) is 2. The van der Waals surface area contributed by atoms with Crippen molar-refractivity contribution in [3.63, 3.8) is 0 Å². The fourth-order valence-electron chi connectivity index (χ4n) is 2.17. The Morgan fingerprint density at radius 2 is 1.61 bits per heavy atom. The van der Waals surface area contributed by atoms with Crippen LogP contribution in [-0.4, -0.2) is 23.1 Å². The lowest BCUT2D eigenvalue weighted by Gasteiger charge is -2.38. The summed E-state index contributed by atoms with van der Waals surface area (Å²) >= 11 is 0. The van der Waals surface area contributed by atoms with Crippen LogP contribution in [-0.2, 0) is 4.74 Å². The fraction of sp³-hybridized carbons (Fsp3) is 0.733. The van der Waals surface area contributed by atoms with Crippen LogP contribution in [0.1, 0.15) is 48.0 Å². The van der Waals surface area contributed by atoms with Crippen LogP contribution in [0.4, 0.5) is 0 Å². The van der Waals surface area contributed by atoms with Crippen LogP contribution in [0.25, 0.3) is 0 Å². The van der Waals surface area contributed by atoms with Gasteiger partial charge < -0.3 is 14.9 Å². The third kappa shape index (κ3) is 2.96. The molecule has 0 aromatic heterocycles. The van der Waals surface area contributed by atoms with Crippen LogP contribution in [0.15, 0.2) is 23.0 Å². The quantitative estimate of drug-likeness (QED) is 0.703. The van der Waals surface area contributed by atoms with Gasteiger partial charge in [-0.25, -0.2) is 0 Å². The molecule has 1 aliphatic rings. The Kier molecular flexibility index (Phi) is 3.72. The van der Waals surface area contributed by atoms with Gasteiger partial charge in [0.2, 0.25) is 0 Å². The Morgan fingerprint density at radius 3 is 1.94 bits per heavy atom. The van der Waals surface area contributed by atoms with E-state index in [4.69, 9.17) is 4.74 Å². The molecule has 0 aliphatic heterocycles. The summed E-state index contributed by atoms with van der Waals surface area (Å²) < 4.78 is 5.21. The first-order valence-corrected chi connectivity index (χ1v) is 6.34. The third-order valence-corrected chi connectivity index (χ3v) is 3.41. The average Bonchev–Trinajstić information content (AvgIpc) is 2.18. The summed E-state index contributed by atoms with van der Waals surface area (Å²) in [6, 6.07) is 0. The molecular formula is C15H26O3. The van der Waals surface area contributed by atoms with E-state index >= 15 is 0 Å². The lowest BCUT2D eigenvalue weighted by Crippen LogP contribution is -2.37. The number of aliphatic hydroxyl groups is 2. The van der Waals surface area contributed by atoms with Crippen LogP contribution in [0.3, 0.4) is 0 Å². The molecule has 1 aliphatic carbocycles. The second kappa shape index (κ2) is 4.39. The van der Waals surface area contributed by atoms with Crippen molar-refractivity contribution in [1.82, 2.24) is 0 Å². The molecule has 0 heterocycles. The van der Waals surface area contributed by atoms with Crippen molar-refractivity contribution in [1.29, 1.82) is 0 Å². The topological polar surface area (TPSA) is 49.7 Å². The molecule has 3 nitrogen and oxygen atoms in total. The number of hydrogen-bond acceptors (Lipinski definition) is 3. The molecule has 0 radical (unpaired) electrons. The molecule has 0 fully saturated rings. The maximum Gasteiger partial charge on any atom is 0.189 e. The summed E-state index contributed by atoms with van der Waals surface area (Å²) in [4.78, 5) is 0. The van der Waals surface area contributed by atoms with Gasteiger partial charge in [-0.1, -0.05) is 41.5 Å². The van der Waals surface area contributed by atoms with Crippen molar-refractivity contribution in [3.8, 4) is 0 Å². The zero-order chi connectivity index (χ0) is 14.4. The normalized spacial score (nSPS) is 26.3. The van der Waals surface area contributed by atoms with Crippen molar-refractivity contribution in [2.45, 2.75) is 53.8 Å². The first kappa shape index (κ1) is 15.3. The van der Waals surface area contributed by atoms with E-state index in [9.17, 15) is 10.2 Å². The van der Waals surface area contributed by atoms with Crippen molar-refractivity contribution in [2.75, 3.05) is 7.11 Å². The molecule has 0 bridgehead atoms. The third-order valence-electron chi connectivity index (χ3n) is 3.41. The van der Waals surface area contributed by atoms with Gasteiger partial charge in [-0.3, -0.25) is 0 Å². The minimum atomic E-state index is -1.32. The highest BCUT2D eigenvalue weighted by molar-refractivity contribution is 5.42. The van der Waals surface area contributed by atoms with E-state index < -0.39 is 5.79 Å². The van der Waals surface area contributed by atoms with E-state index in [1.54, 1.807) is 6.08 Å². The second-order valence-electron chi connectivity index (χ2n) is 7.11. The molecule has 0 spiro atoms. The summed E-state index contributed by atoms with van der Waals surface area (Å²) in [7, 11) is 1.49. The van der Waals surface area contributed by atoms with Gasteiger partial charge in [0.25, 0.3) is 0 Å². The van der Waals surface area contributed by atoms with Gasteiger partial charge in [-0.15, -0.1) is 0 Å². The summed E-state index contributed by atoms with van der Waals surface area (Å²) in [5.41, 5.74) is 1.12. The number of aliphatic hydroxyl groups excluding tert-OH is 1. The monoisotopic (exact) mass is 254 g/mol. The molecule has 1 atom stereocenters. The van der Waals surface area contributed by atoms with Crippen molar-refractivity contribution >= 4 is 0 Å². The largest absolute Gasteiger partial charge is 0.508 e. The van der Waals surface area contributed by atoms with Crippen LogP contribution < -0.4 is 0 Å². The molecule has 0 saturated heterocycles. The molecule has 0 saturated carbocycles. The molecule has 1 unspecified atom stereocenters. The van der Waals surface area contributed by atoms with Gasteiger partial charge in [0, 0.05) is 19.1 Å². The molecule has 0 aromatic carbocycles. The van der Waals surface area contributed by atoms with Gasteiger partial charge in [-0.2, -0.15) is 0 Å². The predicted octanol–water partition coefficient (Wildman–Crippen LogP) is 3.56. The Hall–Kier alpha value is -0.800. The van der Waals surface area contributed by atoms with Gasteiger partial charge in [-0.05, 0) is 22.5 Å². The Labute approximate surface area is 110 Å². The van der Waals surface area contributed by atoms with Crippen molar-refractivity contribution < 1.29 is 14.9 Å². The van der Waals surface area contributed by atoms with E-state index in [1.165, 1.54) is 7.11 Å². The van der Waals surface area contributed by atoms with Crippen molar-refractivity contribution in [2.24, 2.45) is 10.8 Å². The van der Waals surface area contributed by atoms with Gasteiger partial charge >= 0.3 is 0 Å². The Balaban J connectivity index is 3.41. The maximum absolute atomic E-state index is 10.5. The highest BCUT2D eigenvalue weighted by Crippen LogP contribution is 2.45. The minimum absolute atomic E-state index is 0.207. The predicted molar refractivity (Wildman–Crippen MR) is 73.2 cm³/mol. The van der Waals surface area contributed by atoms with Crippen molar-refractivity contribution in [3.05, 3.63) is 23.0 Å². The minimum Gasteiger partial charge on any atom is -0.508 e. The van der Waals surface area contributed by atoms with Crippen LogP contribution >= 0.6 is 0 Å². The molecule has 104 valence electrons. The SMILES string of the molecule is COC1(O)C=C(C(C)(C)C)C(O)=C(C(C)(C)C)C1. The van der Waals surface area contributed by atoms with E-state index in [0.29, 0.717) is 12.2 Å². The lowest BCUT2D eigenvalue weighted by atomic mass is 9.72. The zero-order valence-electron chi connectivity index (χ0n) is 12.6. The van der Waals surface area contributed by atoms with Crippen LogP contribution in [0.5, 0.6) is 0 Å². The van der Waals surface area contributed by atoms with E-state index in [0.717, 1.165) is 11.1 Å². The maximum atomic E-state index is 10.5. The fourth-order valence-corrected chi connectivity index (χ4v) is 2.17. The molecule has 1 rings (SSSR count). The molecule has 3 heteroatoms. The molecule has 0 amide bonds. The summed E-state index contributed by atoms with van der Waals surface area (Å²) in [6.45, 7) is 12.1. The van der Waals surface area contributed by atoms with Gasteiger partial charge in [0.1, 0.15) is 5.76 Å². The number of rotatable bonds is 1. The summed E-state index contributed by atoms with van der Waals surface area (Å²) in [6.07, 6.45) is 1.94. The summed E-state index contributed by atoms with van der Waals surface area (Å²) in [5.74, 6) is -1.02. The molecular weight excluding hydrogens is 228 g/mol. The Bertz CT molecular complexity index is 391. The van der Waals surface area contributed by atoms with Gasteiger partial charge in [0.05, 0.1) is 0 Å². The second-order valence-corrected chi connectivity index (χ2v) is 7.11. The van der Waals surface area contributed by atoms with E-state index in [-0.39, 0.29) is 10.8 Å². The molecule has 18 heavy (non-hydrogen) atoms. The molecule has 2 N–H and O–H groups in total. The molecule has 0 aromatic rings. The highest BCUT2D eigenvalue weighted by Gasteiger charge is 2.40. The lowest BCUT2D eigenvalue weighted by molar-refractivity contribution is -0.149. The summed E-state index contributed by atoms with van der Waals surface area (Å²) in [5, 5.41) is 20.9. The number of ether oxygens (including phenoxy) is 1.